The highest BCUT2D eigenvalue weighted by Crippen LogP contribution is 2.49. The first-order chi connectivity index (χ1) is 16.3. The molecule has 3 aliphatic rings. The molecule has 0 aliphatic carbocycles. The van der Waals surface area contributed by atoms with Crippen LogP contribution in [0.5, 0.6) is 0 Å². The number of nitrogens with zero attached hydrogens (tertiary/aromatic N) is 4. The normalized spacial score (nSPS) is 25.7. The molecule has 6 rings (SSSR count). The lowest BCUT2D eigenvalue weighted by atomic mass is 9.66. The Kier molecular flexibility index (Phi) is 4.27. The fourth-order valence-electron chi connectivity index (χ4n) is 5.56. The summed E-state index contributed by atoms with van der Waals surface area (Å²) < 4.78 is 27.3. The molecule has 3 atom stereocenters. The molecule has 5 heterocycles. The SMILES string of the molecule is C[C@H]1CN2c3c(cc4c(-c5ccncn5)noc4c3F)CC3(C(=O)NC(=O)NC3=O)[C@@H]2[C@@H](C)O1. The van der Waals surface area contributed by atoms with Crippen LogP contribution in [0.4, 0.5) is 14.9 Å². The highest BCUT2D eigenvalue weighted by molar-refractivity contribution is 6.20. The maximum Gasteiger partial charge on any atom is 0.328 e. The molecule has 11 nitrogen and oxygen atoms in total. The molecule has 3 aromatic rings. The minimum Gasteiger partial charge on any atom is -0.372 e. The van der Waals surface area contributed by atoms with Gasteiger partial charge in [0, 0.05) is 19.2 Å². The Balaban J connectivity index is 1.61. The van der Waals surface area contributed by atoms with Gasteiger partial charge in [0.05, 0.1) is 35.0 Å². The van der Waals surface area contributed by atoms with E-state index in [-0.39, 0.29) is 30.3 Å². The van der Waals surface area contributed by atoms with Crippen molar-refractivity contribution in [2.45, 2.75) is 38.5 Å². The third-order valence-electron chi connectivity index (χ3n) is 6.79. The van der Waals surface area contributed by atoms with E-state index < -0.39 is 41.2 Å². The van der Waals surface area contributed by atoms with Gasteiger partial charge in [0.15, 0.2) is 11.2 Å². The van der Waals surface area contributed by atoms with Gasteiger partial charge in [0.1, 0.15) is 12.0 Å². The molecule has 174 valence electrons. The minimum atomic E-state index is -1.70. The first-order valence-corrected chi connectivity index (χ1v) is 10.8. The lowest BCUT2D eigenvalue weighted by Gasteiger charge is -2.55. The van der Waals surface area contributed by atoms with Crippen LogP contribution in [0.2, 0.25) is 0 Å². The van der Waals surface area contributed by atoms with Crippen LogP contribution in [0.15, 0.2) is 29.2 Å². The van der Waals surface area contributed by atoms with Crippen LogP contribution in [-0.4, -0.2) is 57.8 Å². The van der Waals surface area contributed by atoms with Gasteiger partial charge in [0.2, 0.25) is 17.4 Å². The summed E-state index contributed by atoms with van der Waals surface area (Å²) in [7, 11) is 0. The number of halogens is 1. The topological polar surface area (TPSA) is 140 Å². The van der Waals surface area contributed by atoms with Gasteiger partial charge in [-0.2, -0.15) is 0 Å². The summed E-state index contributed by atoms with van der Waals surface area (Å²) in [5.41, 5.74) is -0.363. The number of morpholine rings is 1. The lowest BCUT2D eigenvalue weighted by Crippen LogP contribution is -2.75. The van der Waals surface area contributed by atoms with Crippen LogP contribution in [0.3, 0.4) is 0 Å². The van der Waals surface area contributed by atoms with Gasteiger partial charge in [-0.05, 0) is 31.5 Å². The Hall–Kier alpha value is -3.93. The van der Waals surface area contributed by atoms with Crippen LogP contribution in [0.1, 0.15) is 19.4 Å². The molecule has 0 saturated carbocycles. The van der Waals surface area contributed by atoms with Crippen molar-refractivity contribution in [2.75, 3.05) is 11.4 Å². The van der Waals surface area contributed by atoms with Crippen molar-refractivity contribution in [3.05, 3.63) is 36.0 Å². The molecule has 34 heavy (non-hydrogen) atoms. The van der Waals surface area contributed by atoms with E-state index in [0.717, 1.165) is 0 Å². The number of ether oxygens (including phenoxy) is 1. The maximum atomic E-state index is 16.0. The number of barbiturate groups is 1. The Morgan fingerprint density at radius 1 is 1.21 bits per heavy atom. The summed E-state index contributed by atoms with van der Waals surface area (Å²) >= 11 is 0. The molecule has 1 aromatic carbocycles. The zero-order valence-corrected chi connectivity index (χ0v) is 18.2. The van der Waals surface area contributed by atoms with Gasteiger partial charge in [-0.15, -0.1) is 0 Å². The molecule has 12 heteroatoms. The average Bonchev–Trinajstić information content (AvgIpc) is 3.21. The van der Waals surface area contributed by atoms with E-state index in [4.69, 9.17) is 9.26 Å². The van der Waals surface area contributed by atoms with Crippen LogP contribution in [-0.2, 0) is 20.7 Å². The summed E-state index contributed by atoms with van der Waals surface area (Å²) in [6.07, 6.45) is 1.82. The molecule has 4 amide bonds. The van der Waals surface area contributed by atoms with E-state index in [1.165, 1.54) is 12.5 Å². The number of benzene rings is 1. The van der Waals surface area contributed by atoms with E-state index in [9.17, 15) is 14.4 Å². The summed E-state index contributed by atoms with van der Waals surface area (Å²) in [4.78, 5) is 48.1. The van der Waals surface area contributed by atoms with Crippen LogP contribution in [0, 0.1) is 11.2 Å². The Morgan fingerprint density at radius 2 is 1.97 bits per heavy atom. The molecule has 0 radical (unpaired) electrons. The molecule has 0 bridgehead atoms. The van der Waals surface area contributed by atoms with Gasteiger partial charge in [-0.25, -0.2) is 19.2 Å². The average molecular weight is 466 g/mol. The predicted octanol–water partition coefficient (Wildman–Crippen LogP) is 1.31. The third-order valence-corrected chi connectivity index (χ3v) is 6.79. The summed E-state index contributed by atoms with van der Waals surface area (Å²) in [6, 6.07) is 1.55. The van der Waals surface area contributed by atoms with Crippen LogP contribution >= 0.6 is 0 Å². The van der Waals surface area contributed by atoms with Gasteiger partial charge >= 0.3 is 6.03 Å². The Bertz CT molecular complexity index is 1360. The number of hydrogen-bond acceptors (Lipinski definition) is 9. The number of aromatic nitrogens is 3. The van der Waals surface area contributed by atoms with E-state index >= 15 is 4.39 Å². The van der Waals surface area contributed by atoms with E-state index in [1.54, 1.807) is 24.0 Å². The molecule has 2 fully saturated rings. The molecule has 2 N–H and O–H groups in total. The number of hydrogen-bond donors (Lipinski definition) is 2. The minimum absolute atomic E-state index is 0.0541. The number of nitrogens with one attached hydrogen (secondary N) is 2. The number of urea groups is 1. The molecule has 3 aliphatic heterocycles. The number of anilines is 1. The number of imide groups is 2. The molecular weight excluding hydrogens is 447 g/mol. The van der Waals surface area contributed by atoms with Crippen molar-refractivity contribution in [2.24, 2.45) is 5.41 Å². The summed E-state index contributed by atoms with van der Waals surface area (Å²) in [5, 5.41) is 8.81. The first-order valence-electron chi connectivity index (χ1n) is 10.8. The zero-order chi connectivity index (χ0) is 23.8. The number of rotatable bonds is 1. The second-order valence-electron chi connectivity index (χ2n) is 8.84. The maximum absolute atomic E-state index is 16.0. The van der Waals surface area contributed by atoms with Gasteiger partial charge in [0.25, 0.3) is 0 Å². The van der Waals surface area contributed by atoms with Crippen molar-refractivity contribution in [1.29, 1.82) is 0 Å². The van der Waals surface area contributed by atoms with E-state index in [1.807, 2.05) is 6.92 Å². The zero-order valence-electron chi connectivity index (χ0n) is 18.2. The first kappa shape index (κ1) is 20.7. The van der Waals surface area contributed by atoms with E-state index in [2.05, 4.69) is 25.8 Å². The lowest BCUT2D eigenvalue weighted by molar-refractivity contribution is -0.153. The van der Waals surface area contributed by atoms with Crippen molar-refractivity contribution < 1.29 is 28.0 Å². The van der Waals surface area contributed by atoms with Crippen molar-refractivity contribution in [3.63, 3.8) is 0 Å². The number of carbonyl (C=O) groups excluding carboxylic acids is 3. The predicted molar refractivity (Wildman–Crippen MR) is 114 cm³/mol. The number of carbonyl (C=O) groups is 3. The molecule has 2 aromatic heterocycles. The van der Waals surface area contributed by atoms with Gasteiger partial charge < -0.3 is 14.2 Å². The summed E-state index contributed by atoms with van der Waals surface area (Å²) in [5.74, 6) is -2.13. The molecular formula is C22H19FN6O5. The molecule has 2 saturated heterocycles. The van der Waals surface area contributed by atoms with Crippen LogP contribution in [0.25, 0.3) is 22.4 Å². The van der Waals surface area contributed by atoms with Crippen molar-refractivity contribution in [1.82, 2.24) is 25.8 Å². The van der Waals surface area contributed by atoms with Crippen LogP contribution < -0.4 is 15.5 Å². The monoisotopic (exact) mass is 466 g/mol. The fourth-order valence-corrected chi connectivity index (χ4v) is 5.56. The molecule has 0 unspecified atom stereocenters. The highest BCUT2D eigenvalue weighted by atomic mass is 19.1. The van der Waals surface area contributed by atoms with Crippen molar-refractivity contribution in [3.8, 4) is 11.4 Å². The second kappa shape index (κ2) is 7.03. The standard InChI is InChI=1S/C22H19FN6O5/c1-9-7-29-16-11(5-12-15(13-3-4-24-8-25-13)28-34-17(12)14(16)23)6-22(18(29)10(2)33-9)19(30)26-21(32)27-20(22)31/h3-5,8-10,18H,6-7H2,1-2H3,(H2,26,27,30,31,32)/t9-,10+,18-/m0/s1. The fraction of sp³-hybridized carbons (Fsp3) is 0.364. The number of amides is 4. The smallest absolute Gasteiger partial charge is 0.328 e. The number of fused-ring (bicyclic) bond motifs is 5. The van der Waals surface area contributed by atoms with Crippen molar-refractivity contribution >= 4 is 34.5 Å². The Morgan fingerprint density at radius 3 is 2.68 bits per heavy atom. The van der Waals surface area contributed by atoms with E-state index in [0.29, 0.717) is 22.3 Å². The van der Waals surface area contributed by atoms with Gasteiger partial charge in [-0.3, -0.25) is 20.2 Å². The third kappa shape index (κ3) is 2.65. The second-order valence-corrected chi connectivity index (χ2v) is 8.84. The summed E-state index contributed by atoms with van der Waals surface area (Å²) in [6.45, 7) is 3.79. The molecule has 1 spiro atoms. The largest absolute Gasteiger partial charge is 0.372 e. The van der Waals surface area contributed by atoms with Gasteiger partial charge in [-0.1, -0.05) is 5.16 Å². The Labute approximate surface area is 191 Å². The highest BCUT2D eigenvalue weighted by Gasteiger charge is 2.63. The quantitative estimate of drug-likeness (QED) is 0.508.